The van der Waals surface area contributed by atoms with Crippen LogP contribution in [-0.4, -0.2) is 45.2 Å². The monoisotopic (exact) mass is 279 g/mol. The zero-order valence-corrected chi connectivity index (χ0v) is 11.9. The summed E-state index contributed by atoms with van der Waals surface area (Å²) in [7, 11) is 5.97. The zero-order chi connectivity index (χ0) is 14.9. The lowest BCUT2D eigenvalue weighted by Crippen LogP contribution is -2.40. The zero-order valence-electron chi connectivity index (χ0n) is 11.9. The van der Waals surface area contributed by atoms with Gasteiger partial charge in [-0.25, -0.2) is 0 Å². The highest BCUT2D eigenvalue weighted by atomic mass is 16.5. The maximum Gasteiger partial charge on any atom is 0.322 e. The Morgan fingerprint density at radius 1 is 1.20 bits per heavy atom. The van der Waals surface area contributed by atoms with Crippen LogP contribution >= 0.6 is 0 Å². The molecule has 0 saturated heterocycles. The number of fused-ring (bicyclic) bond motifs is 1. The number of esters is 1. The lowest BCUT2D eigenvalue weighted by atomic mass is 9.88. The molecular formula is C14H17NO5. The molecule has 2 rings (SSSR count). The van der Waals surface area contributed by atoms with Gasteiger partial charge in [-0.2, -0.15) is 0 Å². The summed E-state index contributed by atoms with van der Waals surface area (Å²) in [5.74, 6) is -0.754. The fourth-order valence-electron chi connectivity index (χ4n) is 2.37. The van der Waals surface area contributed by atoms with E-state index in [2.05, 4.69) is 0 Å². The molecule has 6 nitrogen and oxygen atoms in total. The summed E-state index contributed by atoms with van der Waals surface area (Å²) in [5.41, 5.74) is 1.46. The predicted molar refractivity (Wildman–Crippen MR) is 70.8 cm³/mol. The Balaban J connectivity index is 2.59. The van der Waals surface area contributed by atoms with E-state index in [-0.39, 0.29) is 5.91 Å². The average Bonchev–Trinajstić information content (AvgIpc) is 2.46. The van der Waals surface area contributed by atoms with Crippen molar-refractivity contribution in [3.63, 3.8) is 0 Å². The van der Waals surface area contributed by atoms with Crippen molar-refractivity contribution in [3.05, 3.63) is 23.3 Å². The van der Waals surface area contributed by atoms with Crippen LogP contribution in [0, 0.1) is 0 Å². The van der Waals surface area contributed by atoms with E-state index in [1.54, 1.807) is 26.3 Å². The molecule has 1 aliphatic heterocycles. The first kappa shape index (κ1) is 14.2. The maximum atomic E-state index is 12.2. The molecule has 0 spiro atoms. The largest absolute Gasteiger partial charge is 0.493 e. The number of carbonyl (C=O) groups excluding carboxylic acids is 2. The number of nitrogens with zero attached hydrogens (tertiary/aromatic N) is 1. The van der Waals surface area contributed by atoms with Gasteiger partial charge in [0.1, 0.15) is 0 Å². The summed E-state index contributed by atoms with van der Waals surface area (Å²) in [5, 5.41) is 0. The van der Waals surface area contributed by atoms with Crippen LogP contribution in [0.4, 0.5) is 0 Å². The smallest absolute Gasteiger partial charge is 0.322 e. The van der Waals surface area contributed by atoms with Crippen LogP contribution in [-0.2, 0) is 20.9 Å². The van der Waals surface area contributed by atoms with E-state index in [9.17, 15) is 9.59 Å². The van der Waals surface area contributed by atoms with Gasteiger partial charge in [-0.3, -0.25) is 9.59 Å². The van der Waals surface area contributed by atoms with Crippen molar-refractivity contribution in [2.45, 2.75) is 12.5 Å². The molecule has 1 unspecified atom stereocenters. The Hall–Kier alpha value is -2.24. The number of rotatable bonds is 3. The SMILES string of the molecule is COC(=O)C1C(=O)N(C)Cc2cc(OC)c(OC)cc21. The number of methoxy groups -OCH3 is 3. The molecule has 0 aliphatic carbocycles. The molecule has 108 valence electrons. The van der Waals surface area contributed by atoms with Crippen LogP contribution in [0.25, 0.3) is 0 Å². The van der Waals surface area contributed by atoms with Crippen LogP contribution < -0.4 is 9.47 Å². The van der Waals surface area contributed by atoms with E-state index < -0.39 is 11.9 Å². The Bertz CT molecular complexity index is 555. The molecule has 1 heterocycles. The molecule has 0 aromatic heterocycles. The van der Waals surface area contributed by atoms with E-state index in [1.165, 1.54) is 19.1 Å². The first-order valence-electron chi connectivity index (χ1n) is 6.11. The molecule has 0 radical (unpaired) electrons. The molecule has 0 saturated carbocycles. The van der Waals surface area contributed by atoms with Gasteiger partial charge in [0.15, 0.2) is 17.4 Å². The van der Waals surface area contributed by atoms with E-state index >= 15 is 0 Å². The summed E-state index contributed by atoms with van der Waals surface area (Å²) in [6.07, 6.45) is 0. The molecule has 1 aliphatic rings. The Morgan fingerprint density at radius 2 is 1.80 bits per heavy atom. The van der Waals surface area contributed by atoms with Crippen molar-refractivity contribution in [2.24, 2.45) is 0 Å². The van der Waals surface area contributed by atoms with Gasteiger partial charge in [-0.15, -0.1) is 0 Å². The van der Waals surface area contributed by atoms with Gasteiger partial charge in [0.05, 0.1) is 21.3 Å². The third-order valence-corrected chi connectivity index (χ3v) is 3.42. The second-order valence-electron chi connectivity index (χ2n) is 4.56. The minimum Gasteiger partial charge on any atom is -0.493 e. The number of ether oxygens (including phenoxy) is 3. The molecule has 0 fully saturated rings. The molecule has 0 N–H and O–H groups in total. The van der Waals surface area contributed by atoms with E-state index in [0.717, 1.165) is 5.56 Å². The summed E-state index contributed by atoms with van der Waals surface area (Å²) >= 11 is 0. The number of carbonyl (C=O) groups is 2. The van der Waals surface area contributed by atoms with Gasteiger partial charge in [-0.1, -0.05) is 0 Å². The Kier molecular flexibility index (Phi) is 3.83. The molecule has 0 bridgehead atoms. The number of likely N-dealkylation sites (N-methyl/N-ethyl adjacent to an activating group) is 1. The van der Waals surface area contributed by atoms with Crippen molar-refractivity contribution in [2.75, 3.05) is 28.4 Å². The number of benzene rings is 1. The summed E-state index contributed by atoms with van der Waals surface area (Å²) in [6, 6.07) is 3.45. The van der Waals surface area contributed by atoms with Gasteiger partial charge in [0.25, 0.3) is 0 Å². The third kappa shape index (κ3) is 2.17. The quantitative estimate of drug-likeness (QED) is 0.608. The van der Waals surface area contributed by atoms with Crippen LogP contribution in [0.15, 0.2) is 12.1 Å². The van der Waals surface area contributed by atoms with E-state index in [4.69, 9.17) is 14.2 Å². The molecule has 1 aromatic carbocycles. The predicted octanol–water partition coefficient (Wildman–Crippen LogP) is 0.932. The standard InChI is InChI=1S/C14H17NO5/c1-15-7-8-5-10(18-2)11(19-3)6-9(8)12(13(15)16)14(17)20-4/h5-6,12H,7H2,1-4H3. The van der Waals surface area contributed by atoms with Crippen LogP contribution in [0.3, 0.4) is 0 Å². The van der Waals surface area contributed by atoms with Gasteiger partial charge < -0.3 is 19.1 Å². The fourth-order valence-corrected chi connectivity index (χ4v) is 2.37. The summed E-state index contributed by atoms with van der Waals surface area (Å²) in [6.45, 7) is 0.419. The normalized spacial score (nSPS) is 17.5. The van der Waals surface area contributed by atoms with Gasteiger partial charge in [0, 0.05) is 13.6 Å². The lowest BCUT2D eigenvalue weighted by molar-refractivity contribution is -0.150. The number of amides is 1. The second-order valence-corrected chi connectivity index (χ2v) is 4.56. The van der Waals surface area contributed by atoms with Crippen molar-refractivity contribution in [1.82, 2.24) is 4.90 Å². The van der Waals surface area contributed by atoms with E-state index in [1.807, 2.05) is 0 Å². The highest BCUT2D eigenvalue weighted by Gasteiger charge is 2.38. The average molecular weight is 279 g/mol. The first-order valence-corrected chi connectivity index (χ1v) is 6.11. The van der Waals surface area contributed by atoms with E-state index in [0.29, 0.717) is 23.6 Å². The highest BCUT2D eigenvalue weighted by molar-refractivity contribution is 6.04. The van der Waals surface area contributed by atoms with Crippen LogP contribution in [0.2, 0.25) is 0 Å². The molecule has 1 aromatic rings. The number of hydrogen-bond acceptors (Lipinski definition) is 5. The fraction of sp³-hybridized carbons (Fsp3) is 0.429. The van der Waals surface area contributed by atoms with Gasteiger partial charge >= 0.3 is 5.97 Å². The van der Waals surface area contributed by atoms with Crippen molar-refractivity contribution in [3.8, 4) is 11.5 Å². The summed E-state index contributed by atoms with van der Waals surface area (Å²) < 4.78 is 15.2. The third-order valence-electron chi connectivity index (χ3n) is 3.42. The van der Waals surface area contributed by atoms with Crippen LogP contribution in [0.5, 0.6) is 11.5 Å². The van der Waals surface area contributed by atoms with Crippen LogP contribution in [0.1, 0.15) is 17.0 Å². The molecule has 20 heavy (non-hydrogen) atoms. The second kappa shape index (κ2) is 5.40. The highest BCUT2D eigenvalue weighted by Crippen LogP contribution is 2.38. The van der Waals surface area contributed by atoms with Gasteiger partial charge in [-0.05, 0) is 23.3 Å². The molecular weight excluding hydrogens is 262 g/mol. The minimum absolute atomic E-state index is 0.281. The van der Waals surface area contributed by atoms with Crippen molar-refractivity contribution < 1.29 is 23.8 Å². The topological polar surface area (TPSA) is 65.1 Å². The number of hydrogen-bond donors (Lipinski definition) is 0. The first-order chi connectivity index (χ1) is 9.53. The Labute approximate surface area is 117 Å². The summed E-state index contributed by atoms with van der Waals surface area (Å²) in [4.78, 5) is 25.6. The van der Waals surface area contributed by atoms with Gasteiger partial charge in [0.2, 0.25) is 5.91 Å². The minimum atomic E-state index is -0.950. The molecule has 1 amide bonds. The molecule has 6 heteroatoms. The molecule has 1 atom stereocenters. The maximum absolute atomic E-state index is 12.2. The van der Waals surface area contributed by atoms with Crippen molar-refractivity contribution in [1.29, 1.82) is 0 Å². The van der Waals surface area contributed by atoms with Crippen molar-refractivity contribution >= 4 is 11.9 Å². The Morgan fingerprint density at radius 3 is 2.35 bits per heavy atom. The lowest BCUT2D eigenvalue weighted by Gasteiger charge is -2.30.